The van der Waals surface area contributed by atoms with E-state index >= 15 is 0 Å². The van der Waals surface area contributed by atoms with Gasteiger partial charge in [0.1, 0.15) is 0 Å². The molecule has 24 aromatic rings. The number of hydrogen-bond donors (Lipinski definition) is 0. The van der Waals surface area contributed by atoms with Crippen molar-refractivity contribution in [2.45, 2.75) is 0 Å². The van der Waals surface area contributed by atoms with Crippen molar-refractivity contribution in [3.05, 3.63) is 528 Å². The Morgan fingerprint density at radius 1 is 0.119 bits per heavy atom. The van der Waals surface area contributed by atoms with Crippen LogP contribution in [0.15, 0.2) is 528 Å². The molecule has 0 atom stereocenters. The number of hydrogen-bond acceptors (Lipinski definition) is 6. The zero-order valence-electron chi connectivity index (χ0n) is 75.4. The lowest BCUT2D eigenvalue weighted by Gasteiger charge is -2.28. The van der Waals surface area contributed by atoms with Gasteiger partial charge in [0.2, 0.25) is 0 Å². The van der Waals surface area contributed by atoms with Gasteiger partial charge in [0.25, 0.3) is 0 Å². The molecule has 0 aliphatic carbocycles. The fraction of sp³-hybridized carbons (Fsp3) is 0.0233. The summed E-state index contributed by atoms with van der Waals surface area (Å²) in [5.74, 6) is 0. The van der Waals surface area contributed by atoms with Crippen molar-refractivity contribution in [2.75, 3.05) is 50.5 Å². The van der Waals surface area contributed by atoms with Gasteiger partial charge in [0, 0.05) is 116 Å². The lowest BCUT2D eigenvalue weighted by Crippen LogP contribution is -2.13. The van der Waals surface area contributed by atoms with Crippen LogP contribution < -0.4 is 29.4 Å². The van der Waals surface area contributed by atoms with Gasteiger partial charge in [-0.1, -0.05) is 364 Å². The summed E-state index contributed by atoms with van der Waals surface area (Å²) in [6.07, 6.45) is 0. The van der Waals surface area contributed by atoms with Crippen molar-refractivity contribution in [3.63, 3.8) is 0 Å². The van der Waals surface area contributed by atoms with E-state index in [2.05, 4.69) is 578 Å². The third-order valence-corrected chi connectivity index (χ3v) is 26.4. The molecule has 6 heteroatoms. The quantitative estimate of drug-likeness (QED) is 0.0625. The van der Waals surface area contributed by atoms with Gasteiger partial charge in [-0.3, -0.25) is 0 Å². The van der Waals surface area contributed by atoms with Crippen LogP contribution in [0.5, 0.6) is 0 Å². The monoisotopic (exact) mass is 1730 g/mol. The van der Waals surface area contributed by atoms with Crippen LogP contribution in [-0.2, 0) is 0 Å². The molecule has 0 spiro atoms. The Balaban J connectivity index is 0.000000118. The third kappa shape index (κ3) is 16.8. The lowest BCUT2D eigenvalue weighted by atomic mass is 9.99. The van der Waals surface area contributed by atoms with Crippen LogP contribution in [-0.4, -0.2) is 21.1 Å². The number of anilines is 15. The second kappa shape index (κ2) is 37.1. The highest BCUT2D eigenvalue weighted by atomic mass is 15.2. The van der Waals surface area contributed by atoms with Gasteiger partial charge in [0.05, 0.1) is 22.7 Å². The molecular weight excluding hydrogens is 1630 g/mol. The van der Waals surface area contributed by atoms with Crippen LogP contribution >= 0.6 is 0 Å². The Morgan fingerprint density at radius 3 is 0.793 bits per heavy atom. The standard InChI is InChI=1S/3C43H32N2/c1-44(43-40-22-9-6-16-34(40)29-35-17-7-10-23-41(35)43)36-25-27-37(28-26-36)45(42-24-12-18-32-15-5-8-21-39(32)42)38-20-11-19-33(30-38)31-13-3-2-4-14-31;1-44(43-30-34-16-6-7-20-38(34)40-22-9-10-23-41(40)43)35-25-27-36(28-26-35)45(42-24-12-17-32-15-5-8-21-39(32)42)37-19-11-18-33(29-37)31-13-3-2-4-14-31;1-44(40-22-21-36-27-33-14-5-6-15-34(33)28-37(36)30-40)38-23-25-39(26-24-38)45(43-20-10-16-32-13-7-8-19-42(32)43)41-18-9-17-35(29-41)31-11-3-2-4-12-31/h3*2-30H,1H3. The maximum atomic E-state index is 2.38. The normalized spacial score (nSPS) is 11.2. The predicted molar refractivity (Wildman–Crippen MR) is 581 cm³/mol. The molecule has 0 aromatic heterocycles. The van der Waals surface area contributed by atoms with Crippen molar-refractivity contribution in [1.82, 2.24) is 0 Å². The Kier molecular flexibility index (Phi) is 22.8. The second-order valence-corrected chi connectivity index (χ2v) is 34.5. The van der Waals surface area contributed by atoms with E-state index in [1.54, 1.807) is 0 Å². The first-order valence-corrected chi connectivity index (χ1v) is 46.3. The van der Waals surface area contributed by atoms with Gasteiger partial charge in [-0.05, 0) is 262 Å². The fourth-order valence-electron chi connectivity index (χ4n) is 19.5. The average Bonchev–Trinajstić information content (AvgIpc) is 0.891. The van der Waals surface area contributed by atoms with Gasteiger partial charge in [-0.15, -0.1) is 0 Å². The van der Waals surface area contributed by atoms with E-state index in [-0.39, 0.29) is 0 Å². The van der Waals surface area contributed by atoms with Gasteiger partial charge < -0.3 is 29.4 Å². The molecule has 24 rings (SSSR count). The molecule has 0 N–H and O–H groups in total. The average molecular weight is 1730 g/mol. The molecule has 0 aliphatic rings. The molecule has 6 nitrogen and oxygen atoms in total. The summed E-state index contributed by atoms with van der Waals surface area (Å²) in [5.41, 5.74) is 24.3. The minimum Gasteiger partial charge on any atom is -0.345 e. The predicted octanol–water partition coefficient (Wildman–Crippen LogP) is 36.2. The summed E-state index contributed by atoms with van der Waals surface area (Å²) in [5, 5.41) is 22.4. The highest BCUT2D eigenvalue weighted by Crippen LogP contribution is 2.48. The number of rotatable bonds is 18. The minimum atomic E-state index is 1.11. The minimum absolute atomic E-state index is 1.11. The second-order valence-electron chi connectivity index (χ2n) is 34.5. The van der Waals surface area contributed by atoms with Crippen molar-refractivity contribution in [2.24, 2.45) is 0 Å². The molecule has 0 heterocycles. The molecule has 642 valence electrons. The molecule has 135 heavy (non-hydrogen) atoms. The number of benzene rings is 24. The molecule has 0 fully saturated rings. The first kappa shape index (κ1) is 83.1. The summed E-state index contributed by atoms with van der Waals surface area (Å²) in [6, 6.07) is 190. The molecule has 0 unspecified atom stereocenters. The third-order valence-electron chi connectivity index (χ3n) is 26.4. The zero-order chi connectivity index (χ0) is 90.5. The summed E-state index contributed by atoms with van der Waals surface area (Å²) in [4.78, 5) is 14.0. The molecule has 0 aliphatic heterocycles. The Morgan fingerprint density at radius 2 is 0.385 bits per heavy atom. The lowest BCUT2D eigenvalue weighted by molar-refractivity contribution is 1.21. The summed E-state index contributed by atoms with van der Waals surface area (Å²) in [7, 11) is 6.48. The van der Waals surface area contributed by atoms with Crippen molar-refractivity contribution in [3.8, 4) is 33.4 Å². The van der Waals surface area contributed by atoms with Crippen molar-refractivity contribution < 1.29 is 0 Å². The van der Waals surface area contributed by atoms with Crippen molar-refractivity contribution >= 4 is 182 Å². The van der Waals surface area contributed by atoms with Crippen LogP contribution in [0.1, 0.15) is 0 Å². The van der Waals surface area contributed by atoms with E-state index in [4.69, 9.17) is 0 Å². The SMILES string of the molecule is CN(c1ccc(N(c2cccc(-c3ccccc3)c2)c2cccc3ccccc23)cc1)c1c2ccccc2cc2ccccc12.CN(c1ccc(N(c2cccc(-c3ccccc3)c2)c2cccc3ccccc23)cc1)c1cc2ccccc2c2ccccc12.CN(c1ccc(N(c2cccc(-c3ccccc3)c2)c2cccc3ccccc23)cc1)c1ccc2cc3ccccc3cc2c1. The fourth-order valence-corrected chi connectivity index (χ4v) is 19.5. The van der Waals surface area contributed by atoms with Crippen LogP contribution in [0.25, 0.3) is 130 Å². The van der Waals surface area contributed by atoms with E-state index in [1.807, 2.05) is 0 Å². The smallest absolute Gasteiger partial charge is 0.0567 e. The van der Waals surface area contributed by atoms with Gasteiger partial charge in [0.15, 0.2) is 0 Å². The van der Waals surface area contributed by atoms with E-state index in [9.17, 15) is 0 Å². The molecule has 0 saturated heterocycles. The zero-order valence-corrected chi connectivity index (χ0v) is 75.4. The Hall–Kier alpha value is -17.6. The highest BCUT2D eigenvalue weighted by molar-refractivity contribution is 6.15. The van der Waals surface area contributed by atoms with Crippen LogP contribution in [0.3, 0.4) is 0 Å². The molecule has 0 radical (unpaired) electrons. The largest absolute Gasteiger partial charge is 0.345 e. The van der Waals surface area contributed by atoms with E-state index in [0.29, 0.717) is 0 Å². The molecule has 0 bridgehead atoms. The topological polar surface area (TPSA) is 19.4 Å². The summed E-state index contributed by atoms with van der Waals surface area (Å²) >= 11 is 0. The maximum Gasteiger partial charge on any atom is 0.0567 e. The molecule has 0 saturated carbocycles. The number of fused-ring (bicyclic) bond motifs is 10. The first-order chi connectivity index (χ1) is 66.7. The molecule has 0 amide bonds. The van der Waals surface area contributed by atoms with Gasteiger partial charge in [-0.25, -0.2) is 0 Å². The number of nitrogens with zero attached hydrogens (tertiary/aromatic N) is 6. The first-order valence-electron chi connectivity index (χ1n) is 46.3. The van der Waals surface area contributed by atoms with Crippen molar-refractivity contribution in [1.29, 1.82) is 0 Å². The summed E-state index contributed by atoms with van der Waals surface area (Å²) in [6.45, 7) is 0. The molecule has 24 aromatic carbocycles. The van der Waals surface area contributed by atoms with Crippen LogP contribution in [0.4, 0.5) is 85.3 Å². The Bertz CT molecular complexity index is 8350. The van der Waals surface area contributed by atoms with E-state index in [0.717, 1.165) is 73.9 Å². The Labute approximate surface area is 788 Å². The maximum absolute atomic E-state index is 2.38. The van der Waals surface area contributed by atoms with Gasteiger partial charge in [-0.2, -0.15) is 0 Å². The van der Waals surface area contributed by atoms with Crippen LogP contribution in [0.2, 0.25) is 0 Å². The van der Waals surface area contributed by atoms with E-state index < -0.39 is 0 Å². The van der Waals surface area contributed by atoms with Crippen LogP contribution in [0, 0.1) is 0 Å². The highest BCUT2D eigenvalue weighted by Gasteiger charge is 2.24. The van der Waals surface area contributed by atoms with E-state index in [1.165, 1.54) is 142 Å². The molecular formula is C129H96N6. The summed E-state index contributed by atoms with van der Waals surface area (Å²) < 4.78 is 0. The van der Waals surface area contributed by atoms with Gasteiger partial charge >= 0.3 is 0 Å².